The van der Waals surface area contributed by atoms with Crippen LogP contribution in [0.3, 0.4) is 0 Å². The molecule has 128 valence electrons. The van der Waals surface area contributed by atoms with Crippen LogP contribution in [0.5, 0.6) is 0 Å². The Balaban J connectivity index is 2.05. The third-order valence-electron chi connectivity index (χ3n) is 4.89. The van der Waals surface area contributed by atoms with Crippen molar-refractivity contribution >= 4 is 23.0 Å². The molecule has 0 amide bonds. The van der Waals surface area contributed by atoms with E-state index < -0.39 is 5.97 Å². The van der Waals surface area contributed by atoms with Gasteiger partial charge in [0.25, 0.3) is 0 Å². The molecule has 1 saturated carbocycles. The van der Waals surface area contributed by atoms with Crippen LogP contribution < -0.4 is 5.32 Å². The zero-order valence-electron chi connectivity index (χ0n) is 14.8. The van der Waals surface area contributed by atoms with E-state index in [0.29, 0.717) is 11.6 Å². The molecular formula is C20H25NO3. The van der Waals surface area contributed by atoms with Crippen molar-refractivity contribution in [3.05, 3.63) is 40.7 Å². The number of fused-ring (bicyclic) bond motifs is 1. The Bertz CT molecular complexity index is 810. The number of aliphatic carboxylic acids is 1. The van der Waals surface area contributed by atoms with Gasteiger partial charge in [-0.2, -0.15) is 0 Å². The van der Waals surface area contributed by atoms with Crippen LogP contribution in [0.25, 0.3) is 17.0 Å². The number of hydrogen-bond donors (Lipinski definition) is 2. The van der Waals surface area contributed by atoms with Crippen LogP contribution in [-0.4, -0.2) is 17.1 Å². The molecular weight excluding hydrogens is 302 g/mol. The molecule has 0 atom stereocenters. The molecule has 0 aliphatic heterocycles. The van der Waals surface area contributed by atoms with Crippen LogP contribution in [-0.2, 0) is 10.3 Å². The summed E-state index contributed by atoms with van der Waals surface area (Å²) in [6.07, 6.45) is 5.09. The van der Waals surface area contributed by atoms with Gasteiger partial charge < -0.3 is 14.8 Å². The number of carbonyl (C=O) groups is 1. The molecule has 2 N–H and O–H groups in total. The lowest BCUT2D eigenvalue weighted by molar-refractivity contribution is -0.132. The van der Waals surface area contributed by atoms with Gasteiger partial charge >= 0.3 is 5.97 Å². The number of carboxylic acids is 1. The first-order valence-corrected chi connectivity index (χ1v) is 8.55. The average molecular weight is 327 g/mol. The molecule has 2 aromatic rings. The van der Waals surface area contributed by atoms with E-state index in [4.69, 9.17) is 9.52 Å². The Kier molecular flexibility index (Phi) is 4.26. The smallest absolute Gasteiger partial charge is 0.331 e. The maximum atomic E-state index is 11.0. The van der Waals surface area contributed by atoms with E-state index in [2.05, 4.69) is 26.1 Å². The molecule has 1 heterocycles. The van der Waals surface area contributed by atoms with Crippen LogP contribution >= 0.6 is 0 Å². The highest BCUT2D eigenvalue weighted by Crippen LogP contribution is 2.45. The SMILES string of the molecule is C/C(=C\c1ccc2oc(C3(NC(C)C)CCC3)c(C)c2c1)C(=O)O. The number of rotatable bonds is 5. The van der Waals surface area contributed by atoms with E-state index in [1.165, 1.54) is 6.42 Å². The van der Waals surface area contributed by atoms with E-state index in [1.54, 1.807) is 13.0 Å². The van der Waals surface area contributed by atoms with Crippen LogP contribution in [0.15, 0.2) is 28.2 Å². The molecule has 1 aliphatic rings. The molecule has 1 fully saturated rings. The zero-order chi connectivity index (χ0) is 17.5. The number of benzene rings is 1. The second kappa shape index (κ2) is 6.10. The zero-order valence-corrected chi connectivity index (χ0v) is 14.8. The van der Waals surface area contributed by atoms with Gasteiger partial charge in [0.1, 0.15) is 11.3 Å². The molecule has 1 aromatic carbocycles. The summed E-state index contributed by atoms with van der Waals surface area (Å²) in [7, 11) is 0. The minimum Gasteiger partial charge on any atom is -0.478 e. The first-order chi connectivity index (χ1) is 11.3. The highest BCUT2D eigenvalue weighted by Gasteiger charge is 2.43. The van der Waals surface area contributed by atoms with Crippen LogP contribution in [0.4, 0.5) is 0 Å². The number of aryl methyl sites for hydroxylation is 1. The molecule has 0 radical (unpaired) electrons. The van der Waals surface area contributed by atoms with Gasteiger partial charge in [0.05, 0.1) is 5.54 Å². The Morgan fingerprint density at radius 3 is 2.62 bits per heavy atom. The van der Waals surface area contributed by atoms with Crippen LogP contribution in [0, 0.1) is 6.92 Å². The molecule has 0 bridgehead atoms. The van der Waals surface area contributed by atoms with Crippen molar-refractivity contribution in [3.63, 3.8) is 0 Å². The Hall–Kier alpha value is -2.07. The molecule has 4 nitrogen and oxygen atoms in total. The van der Waals surface area contributed by atoms with E-state index in [1.807, 2.05) is 18.2 Å². The highest BCUT2D eigenvalue weighted by atomic mass is 16.4. The number of furan rings is 1. The van der Waals surface area contributed by atoms with Gasteiger partial charge in [-0.3, -0.25) is 0 Å². The Labute approximate surface area is 142 Å². The molecule has 0 saturated heterocycles. The van der Waals surface area contributed by atoms with Gasteiger partial charge in [-0.15, -0.1) is 0 Å². The maximum absolute atomic E-state index is 11.0. The van der Waals surface area contributed by atoms with Gasteiger partial charge in [0, 0.05) is 22.6 Å². The topological polar surface area (TPSA) is 62.5 Å². The van der Waals surface area contributed by atoms with E-state index >= 15 is 0 Å². The minimum absolute atomic E-state index is 0.0513. The number of nitrogens with one attached hydrogen (secondary N) is 1. The molecule has 0 unspecified atom stereocenters. The quantitative estimate of drug-likeness (QED) is 0.787. The highest BCUT2D eigenvalue weighted by molar-refractivity contribution is 5.93. The second-order valence-electron chi connectivity index (χ2n) is 7.18. The Morgan fingerprint density at radius 1 is 1.38 bits per heavy atom. The summed E-state index contributed by atoms with van der Waals surface area (Å²) in [6, 6.07) is 6.26. The van der Waals surface area contributed by atoms with Crippen molar-refractivity contribution in [2.24, 2.45) is 0 Å². The summed E-state index contributed by atoms with van der Waals surface area (Å²) in [5.74, 6) is 0.141. The van der Waals surface area contributed by atoms with Crippen molar-refractivity contribution in [2.75, 3.05) is 0 Å². The third-order valence-corrected chi connectivity index (χ3v) is 4.89. The van der Waals surface area contributed by atoms with E-state index in [-0.39, 0.29) is 5.54 Å². The second-order valence-corrected chi connectivity index (χ2v) is 7.18. The summed E-state index contributed by atoms with van der Waals surface area (Å²) in [5, 5.41) is 13.8. The lowest BCUT2D eigenvalue weighted by atomic mass is 9.73. The summed E-state index contributed by atoms with van der Waals surface area (Å²) in [6.45, 7) is 8.03. The van der Waals surface area contributed by atoms with Crippen molar-refractivity contribution in [1.29, 1.82) is 0 Å². The largest absolute Gasteiger partial charge is 0.478 e. The van der Waals surface area contributed by atoms with Gasteiger partial charge in [0.2, 0.25) is 0 Å². The lowest BCUT2D eigenvalue weighted by Crippen LogP contribution is -2.51. The van der Waals surface area contributed by atoms with Crippen molar-refractivity contribution in [3.8, 4) is 0 Å². The summed E-state index contributed by atoms with van der Waals surface area (Å²) in [5.41, 5.74) is 3.18. The first kappa shape index (κ1) is 16.8. The predicted molar refractivity (Wildman–Crippen MR) is 96.0 cm³/mol. The monoisotopic (exact) mass is 327 g/mol. The van der Waals surface area contributed by atoms with Gasteiger partial charge in [0.15, 0.2) is 0 Å². The minimum atomic E-state index is -0.894. The normalized spacial score (nSPS) is 17.3. The third kappa shape index (κ3) is 2.86. The molecule has 24 heavy (non-hydrogen) atoms. The van der Waals surface area contributed by atoms with Crippen molar-refractivity contribution in [1.82, 2.24) is 5.32 Å². The Morgan fingerprint density at radius 2 is 2.08 bits per heavy atom. The van der Waals surface area contributed by atoms with Gasteiger partial charge in [-0.05, 0) is 70.7 Å². The summed E-state index contributed by atoms with van der Waals surface area (Å²) >= 11 is 0. The summed E-state index contributed by atoms with van der Waals surface area (Å²) < 4.78 is 6.21. The van der Waals surface area contributed by atoms with E-state index in [9.17, 15) is 4.79 Å². The van der Waals surface area contributed by atoms with Crippen LogP contribution in [0.2, 0.25) is 0 Å². The first-order valence-electron chi connectivity index (χ1n) is 8.55. The van der Waals surface area contributed by atoms with Crippen molar-refractivity contribution < 1.29 is 14.3 Å². The predicted octanol–water partition coefficient (Wildman–Crippen LogP) is 4.61. The standard InChI is InChI=1S/C20H25NO3/c1-12(2)21-20(8-5-9-20)18-14(4)16-11-15(6-7-17(16)24-18)10-13(3)19(22)23/h6-7,10-12,21H,5,8-9H2,1-4H3,(H,22,23)/b13-10+. The van der Waals surface area contributed by atoms with Crippen LogP contribution in [0.1, 0.15) is 56.9 Å². The molecule has 0 spiro atoms. The average Bonchev–Trinajstić information content (AvgIpc) is 2.80. The van der Waals surface area contributed by atoms with Gasteiger partial charge in [-0.1, -0.05) is 6.07 Å². The fourth-order valence-corrected chi connectivity index (χ4v) is 3.62. The van der Waals surface area contributed by atoms with E-state index in [0.717, 1.165) is 40.7 Å². The summed E-state index contributed by atoms with van der Waals surface area (Å²) in [4.78, 5) is 11.0. The number of hydrogen-bond acceptors (Lipinski definition) is 3. The molecule has 1 aromatic heterocycles. The molecule has 4 heteroatoms. The fraction of sp³-hybridized carbons (Fsp3) is 0.450. The lowest BCUT2D eigenvalue weighted by Gasteiger charge is -2.43. The fourth-order valence-electron chi connectivity index (χ4n) is 3.62. The number of carboxylic acid groups (broad SMARTS) is 1. The maximum Gasteiger partial charge on any atom is 0.331 e. The van der Waals surface area contributed by atoms with Gasteiger partial charge in [-0.25, -0.2) is 4.79 Å². The van der Waals surface area contributed by atoms with Crippen molar-refractivity contribution in [2.45, 2.75) is 58.5 Å². The molecule has 3 rings (SSSR count). The molecule has 1 aliphatic carbocycles.